The molecular formula is C10H24N2O. The molecule has 0 heterocycles. The van der Waals surface area contributed by atoms with Crippen LogP contribution in [0.3, 0.4) is 0 Å². The van der Waals surface area contributed by atoms with Crippen LogP contribution in [0.5, 0.6) is 0 Å². The lowest BCUT2D eigenvalue weighted by Gasteiger charge is -2.21. The van der Waals surface area contributed by atoms with Crippen molar-refractivity contribution in [2.45, 2.75) is 32.8 Å². The smallest absolute Gasteiger partial charge is 0.0674 e. The minimum atomic E-state index is -0.334. The highest BCUT2D eigenvalue weighted by atomic mass is 16.3. The maximum absolute atomic E-state index is 9.25. The molecule has 0 aliphatic heterocycles. The number of aliphatic hydroxyl groups excluding tert-OH is 1. The summed E-state index contributed by atoms with van der Waals surface area (Å²) in [5, 5.41) is 9.25. The molecule has 3 N–H and O–H groups in total. The number of hydrogen-bond acceptors (Lipinski definition) is 3. The normalized spacial score (nSPS) is 16.2. The van der Waals surface area contributed by atoms with E-state index in [2.05, 4.69) is 25.8 Å². The summed E-state index contributed by atoms with van der Waals surface area (Å²) in [7, 11) is 2.09. The zero-order chi connectivity index (χ0) is 10.3. The first-order valence-corrected chi connectivity index (χ1v) is 5.16. The number of aliphatic hydroxyl groups is 1. The molecule has 2 atom stereocenters. The molecule has 0 bridgehead atoms. The molecule has 0 radical (unpaired) electrons. The van der Waals surface area contributed by atoms with Gasteiger partial charge in [0, 0.05) is 19.6 Å². The van der Waals surface area contributed by atoms with Gasteiger partial charge in [0.2, 0.25) is 0 Å². The molecule has 0 amide bonds. The van der Waals surface area contributed by atoms with Crippen LogP contribution in [0.4, 0.5) is 0 Å². The van der Waals surface area contributed by atoms with Gasteiger partial charge in [0.1, 0.15) is 0 Å². The average molecular weight is 188 g/mol. The van der Waals surface area contributed by atoms with Crippen molar-refractivity contribution in [3.8, 4) is 0 Å². The topological polar surface area (TPSA) is 49.5 Å². The van der Waals surface area contributed by atoms with Crippen LogP contribution in [0, 0.1) is 5.92 Å². The molecule has 0 saturated carbocycles. The van der Waals surface area contributed by atoms with Crippen LogP contribution in [0.15, 0.2) is 0 Å². The zero-order valence-corrected chi connectivity index (χ0v) is 9.16. The van der Waals surface area contributed by atoms with Gasteiger partial charge in [-0.2, -0.15) is 0 Å². The molecule has 0 aromatic carbocycles. The SMILES string of the molecule is CCC(C)CN(C)CCC(O)CN. The third kappa shape index (κ3) is 6.99. The predicted molar refractivity (Wildman–Crippen MR) is 56.6 cm³/mol. The van der Waals surface area contributed by atoms with Crippen LogP contribution in [-0.4, -0.2) is 42.8 Å². The lowest BCUT2D eigenvalue weighted by Crippen LogP contribution is -2.30. The summed E-state index contributed by atoms with van der Waals surface area (Å²) in [6, 6.07) is 0. The quantitative estimate of drug-likeness (QED) is 0.617. The van der Waals surface area contributed by atoms with Crippen molar-refractivity contribution in [1.82, 2.24) is 4.90 Å². The van der Waals surface area contributed by atoms with Gasteiger partial charge in [-0.15, -0.1) is 0 Å². The van der Waals surface area contributed by atoms with E-state index in [0.717, 1.165) is 25.4 Å². The first-order chi connectivity index (χ1) is 6.10. The molecule has 0 aliphatic carbocycles. The fourth-order valence-corrected chi connectivity index (χ4v) is 1.24. The second-order valence-electron chi connectivity index (χ2n) is 3.95. The molecule has 80 valence electrons. The van der Waals surface area contributed by atoms with Crippen LogP contribution in [-0.2, 0) is 0 Å². The summed E-state index contributed by atoms with van der Waals surface area (Å²) in [5.74, 6) is 0.736. The van der Waals surface area contributed by atoms with Crippen molar-refractivity contribution in [2.75, 3.05) is 26.7 Å². The van der Waals surface area contributed by atoms with Crippen LogP contribution in [0.2, 0.25) is 0 Å². The fraction of sp³-hybridized carbons (Fsp3) is 1.00. The van der Waals surface area contributed by atoms with Crippen LogP contribution in [0.25, 0.3) is 0 Å². The summed E-state index contributed by atoms with van der Waals surface area (Å²) in [6.07, 6.45) is 1.66. The Morgan fingerprint density at radius 3 is 2.54 bits per heavy atom. The lowest BCUT2D eigenvalue weighted by molar-refractivity contribution is 0.150. The van der Waals surface area contributed by atoms with E-state index < -0.39 is 0 Å². The molecule has 13 heavy (non-hydrogen) atoms. The molecule has 0 spiro atoms. The molecule has 2 unspecified atom stereocenters. The van der Waals surface area contributed by atoms with Gasteiger partial charge in [-0.05, 0) is 19.4 Å². The average Bonchev–Trinajstić information content (AvgIpc) is 2.13. The summed E-state index contributed by atoms with van der Waals surface area (Å²) in [4.78, 5) is 2.26. The summed E-state index contributed by atoms with van der Waals surface area (Å²) in [5.41, 5.74) is 5.32. The number of nitrogens with zero attached hydrogens (tertiary/aromatic N) is 1. The van der Waals surface area contributed by atoms with E-state index in [4.69, 9.17) is 5.73 Å². The highest BCUT2D eigenvalue weighted by Crippen LogP contribution is 2.03. The van der Waals surface area contributed by atoms with E-state index in [-0.39, 0.29) is 6.10 Å². The van der Waals surface area contributed by atoms with Gasteiger partial charge in [0.25, 0.3) is 0 Å². The molecular weight excluding hydrogens is 164 g/mol. The molecule has 0 aliphatic rings. The Balaban J connectivity index is 3.45. The van der Waals surface area contributed by atoms with Crippen LogP contribution >= 0.6 is 0 Å². The molecule has 0 saturated heterocycles. The van der Waals surface area contributed by atoms with Crippen molar-refractivity contribution < 1.29 is 5.11 Å². The molecule has 0 fully saturated rings. The highest BCUT2D eigenvalue weighted by molar-refractivity contribution is 4.62. The minimum absolute atomic E-state index is 0.334. The maximum Gasteiger partial charge on any atom is 0.0674 e. The zero-order valence-electron chi connectivity index (χ0n) is 9.16. The molecule has 0 rings (SSSR count). The number of rotatable bonds is 7. The number of hydrogen-bond donors (Lipinski definition) is 2. The Hall–Kier alpha value is -0.120. The van der Waals surface area contributed by atoms with E-state index >= 15 is 0 Å². The van der Waals surface area contributed by atoms with Crippen molar-refractivity contribution in [3.05, 3.63) is 0 Å². The molecule has 3 nitrogen and oxygen atoms in total. The number of nitrogens with two attached hydrogens (primary N) is 1. The second-order valence-corrected chi connectivity index (χ2v) is 3.95. The van der Waals surface area contributed by atoms with E-state index in [1.54, 1.807) is 0 Å². The Morgan fingerprint density at radius 1 is 1.46 bits per heavy atom. The Kier molecular flexibility index (Phi) is 7.23. The van der Waals surface area contributed by atoms with E-state index in [1.807, 2.05) is 0 Å². The van der Waals surface area contributed by atoms with Gasteiger partial charge in [0.15, 0.2) is 0 Å². The van der Waals surface area contributed by atoms with Gasteiger partial charge in [-0.3, -0.25) is 0 Å². The largest absolute Gasteiger partial charge is 0.392 e. The van der Waals surface area contributed by atoms with E-state index in [9.17, 15) is 5.11 Å². The Morgan fingerprint density at radius 2 is 2.08 bits per heavy atom. The predicted octanol–water partition coefficient (Wildman–Crippen LogP) is 0.674. The molecule has 0 aromatic rings. The van der Waals surface area contributed by atoms with Gasteiger partial charge < -0.3 is 15.7 Å². The third-order valence-corrected chi connectivity index (χ3v) is 2.44. The van der Waals surface area contributed by atoms with Crippen LogP contribution < -0.4 is 5.73 Å². The Bertz CT molecular complexity index is 119. The van der Waals surface area contributed by atoms with Gasteiger partial charge >= 0.3 is 0 Å². The monoisotopic (exact) mass is 188 g/mol. The van der Waals surface area contributed by atoms with Gasteiger partial charge in [0.05, 0.1) is 6.10 Å². The minimum Gasteiger partial charge on any atom is -0.392 e. The molecule has 3 heteroatoms. The highest BCUT2D eigenvalue weighted by Gasteiger charge is 2.06. The van der Waals surface area contributed by atoms with Crippen molar-refractivity contribution in [3.63, 3.8) is 0 Å². The third-order valence-electron chi connectivity index (χ3n) is 2.44. The first-order valence-electron chi connectivity index (χ1n) is 5.16. The van der Waals surface area contributed by atoms with E-state index in [1.165, 1.54) is 6.42 Å². The van der Waals surface area contributed by atoms with Crippen molar-refractivity contribution in [2.24, 2.45) is 11.7 Å². The van der Waals surface area contributed by atoms with E-state index in [0.29, 0.717) is 6.54 Å². The Labute approximate surface area is 81.9 Å². The summed E-state index contributed by atoms with van der Waals surface area (Å²) >= 11 is 0. The summed E-state index contributed by atoms with van der Waals surface area (Å²) in [6.45, 7) is 6.86. The van der Waals surface area contributed by atoms with Crippen molar-refractivity contribution in [1.29, 1.82) is 0 Å². The fourth-order valence-electron chi connectivity index (χ4n) is 1.24. The van der Waals surface area contributed by atoms with Crippen LogP contribution in [0.1, 0.15) is 26.7 Å². The van der Waals surface area contributed by atoms with Gasteiger partial charge in [-0.25, -0.2) is 0 Å². The standard InChI is InChI=1S/C10H24N2O/c1-4-9(2)8-12(3)6-5-10(13)7-11/h9-10,13H,4-8,11H2,1-3H3. The van der Waals surface area contributed by atoms with Gasteiger partial charge in [-0.1, -0.05) is 20.3 Å². The first kappa shape index (κ1) is 12.9. The van der Waals surface area contributed by atoms with Crippen molar-refractivity contribution >= 4 is 0 Å². The summed E-state index contributed by atoms with van der Waals surface area (Å²) < 4.78 is 0. The second kappa shape index (κ2) is 7.30. The molecule has 0 aromatic heterocycles. The maximum atomic E-state index is 9.25. The lowest BCUT2D eigenvalue weighted by atomic mass is 10.1.